The van der Waals surface area contributed by atoms with Crippen LogP contribution in [0.5, 0.6) is 5.75 Å². The molecule has 2 aromatic carbocycles. The number of halogens is 1. The molecule has 0 aliphatic heterocycles. The van der Waals surface area contributed by atoms with Gasteiger partial charge in [0.25, 0.3) is 11.5 Å². The maximum Gasteiger partial charge on any atom is 0.267 e. The van der Waals surface area contributed by atoms with Crippen LogP contribution in [0.15, 0.2) is 51.7 Å². The first-order valence-corrected chi connectivity index (χ1v) is 10.3. The zero-order valence-electron chi connectivity index (χ0n) is 14.9. The number of aryl methyl sites for hydroxylation is 1. The summed E-state index contributed by atoms with van der Waals surface area (Å²) in [6.45, 7) is 2.40. The van der Waals surface area contributed by atoms with E-state index >= 15 is 0 Å². The summed E-state index contributed by atoms with van der Waals surface area (Å²) in [5.41, 5.74) is 0.565. The number of hydrogen-bond donors (Lipinski definition) is 2. The van der Waals surface area contributed by atoms with E-state index in [1.54, 1.807) is 24.3 Å². The van der Waals surface area contributed by atoms with Crippen molar-refractivity contribution in [1.29, 1.82) is 0 Å². The number of hydrogen-bond acceptors (Lipinski definition) is 5. The molecule has 6 nitrogen and oxygen atoms in total. The second-order valence-electron chi connectivity index (χ2n) is 6.28. The Morgan fingerprint density at radius 1 is 1.29 bits per heavy atom. The number of fused-ring (bicyclic) bond motifs is 2. The number of aromatic nitrogens is 2. The van der Waals surface area contributed by atoms with E-state index in [0.29, 0.717) is 22.6 Å². The molecule has 28 heavy (non-hydrogen) atoms. The minimum absolute atomic E-state index is 0.271. The van der Waals surface area contributed by atoms with E-state index in [1.807, 2.05) is 25.1 Å². The number of para-hydroxylation sites is 1. The Hall–Kier alpha value is -2.71. The third-order valence-corrected chi connectivity index (χ3v) is 5.82. The maximum atomic E-state index is 13.0. The van der Waals surface area contributed by atoms with Crippen LogP contribution >= 0.6 is 27.3 Å². The van der Waals surface area contributed by atoms with Gasteiger partial charge < -0.3 is 9.67 Å². The Labute approximate surface area is 172 Å². The lowest BCUT2D eigenvalue weighted by Crippen LogP contribution is -2.29. The molecule has 2 heterocycles. The third kappa shape index (κ3) is 3.18. The molecule has 142 valence electrons. The molecule has 0 radical (unpaired) electrons. The topological polar surface area (TPSA) is 84.2 Å². The molecule has 0 atom stereocenters. The standard InChI is InChI=1S/C20H16BrN3O3S/c1-2-9-24-14-6-4-3-5-12(14)17(25)16(19(24)27)18(26)23-20-22-13-8-7-11(21)10-15(13)28-20/h3-8,10,25H,2,9H2,1H3,(H,22,23,26). The predicted octanol–water partition coefficient (Wildman–Crippen LogP) is 4.74. The average Bonchev–Trinajstić information content (AvgIpc) is 3.06. The van der Waals surface area contributed by atoms with Crippen molar-refractivity contribution in [2.24, 2.45) is 0 Å². The number of pyridine rings is 1. The van der Waals surface area contributed by atoms with Crippen molar-refractivity contribution in [3.8, 4) is 5.75 Å². The molecule has 0 spiro atoms. The van der Waals surface area contributed by atoms with Gasteiger partial charge in [0.2, 0.25) is 0 Å². The average molecular weight is 458 g/mol. The van der Waals surface area contributed by atoms with Crippen LogP contribution < -0.4 is 10.9 Å². The molecule has 0 aliphatic rings. The molecule has 0 fully saturated rings. The van der Waals surface area contributed by atoms with Crippen LogP contribution in [-0.2, 0) is 6.54 Å². The normalized spacial score (nSPS) is 11.2. The Bertz CT molecular complexity index is 1280. The van der Waals surface area contributed by atoms with Gasteiger partial charge in [-0.05, 0) is 36.8 Å². The van der Waals surface area contributed by atoms with E-state index < -0.39 is 11.5 Å². The van der Waals surface area contributed by atoms with Crippen molar-refractivity contribution in [2.75, 3.05) is 5.32 Å². The van der Waals surface area contributed by atoms with Crippen LogP contribution in [0.1, 0.15) is 23.7 Å². The number of thiazole rings is 1. The van der Waals surface area contributed by atoms with Gasteiger partial charge in [0.1, 0.15) is 11.3 Å². The third-order valence-electron chi connectivity index (χ3n) is 4.39. The summed E-state index contributed by atoms with van der Waals surface area (Å²) in [6, 6.07) is 12.6. The second-order valence-corrected chi connectivity index (χ2v) is 8.23. The maximum absolute atomic E-state index is 13.0. The summed E-state index contributed by atoms with van der Waals surface area (Å²) in [7, 11) is 0. The minimum atomic E-state index is -0.670. The van der Waals surface area contributed by atoms with Crippen LogP contribution in [0.4, 0.5) is 5.13 Å². The first-order valence-electron chi connectivity index (χ1n) is 8.71. The molecule has 1 amide bonds. The highest BCUT2D eigenvalue weighted by Crippen LogP contribution is 2.30. The summed E-state index contributed by atoms with van der Waals surface area (Å²) in [6.07, 6.45) is 0.725. The van der Waals surface area contributed by atoms with E-state index in [0.717, 1.165) is 21.1 Å². The number of carbonyl (C=O) groups is 1. The molecular weight excluding hydrogens is 442 g/mol. The van der Waals surface area contributed by atoms with Crippen LogP contribution in [-0.4, -0.2) is 20.6 Å². The molecule has 2 N–H and O–H groups in total. The molecule has 0 bridgehead atoms. The van der Waals surface area contributed by atoms with E-state index in [9.17, 15) is 14.7 Å². The number of anilines is 1. The lowest BCUT2D eigenvalue weighted by molar-refractivity contribution is 0.102. The Morgan fingerprint density at radius 2 is 2.07 bits per heavy atom. The van der Waals surface area contributed by atoms with E-state index in [-0.39, 0.29) is 11.3 Å². The number of rotatable bonds is 4. The molecule has 0 aliphatic carbocycles. The van der Waals surface area contributed by atoms with Gasteiger partial charge in [-0.25, -0.2) is 4.98 Å². The van der Waals surface area contributed by atoms with Crippen molar-refractivity contribution in [2.45, 2.75) is 19.9 Å². The van der Waals surface area contributed by atoms with Gasteiger partial charge in [0.05, 0.1) is 15.7 Å². The Kier molecular flexibility index (Phi) is 4.91. The number of carbonyl (C=O) groups excluding carboxylic acids is 1. The van der Waals surface area contributed by atoms with Crippen LogP contribution in [0, 0.1) is 0 Å². The van der Waals surface area contributed by atoms with Gasteiger partial charge in [0, 0.05) is 16.4 Å². The lowest BCUT2D eigenvalue weighted by Gasteiger charge is -2.13. The summed E-state index contributed by atoms with van der Waals surface area (Å²) < 4.78 is 3.34. The first kappa shape index (κ1) is 18.6. The van der Waals surface area contributed by atoms with E-state index in [2.05, 4.69) is 26.2 Å². The summed E-state index contributed by atoms with van der Waals surface area (Å²) in [5.74, 6) is -0.981. The van der Waals surface area contributed by atoms with E-state index in [1.165, 1.54) is 15.9 Å². The summed E-state index contributed by atoms with van der Waals surface area (Å²) >= 11 is 4.71. The van der Waals surface area contributed by atoms with Crippen molar-refractivity contribution in [3.05, 3.63) is 62.9 Å². The number of aromatic hydroxyl groups is 1. The minimum Gasteiger partial charge on any atom is -0.506 e. The lowest BCUT2D eigenvalue weighted by atomic mass is 10.1. The Balaban J connectivity index is 1.80. The van der Waals surface area contributed by atoms with Gasteiger partial charge in [0.15, 0.2) is 5.13 Å². The molecule has 2 aromatic heterocycles. The molecule has 4 aromatic rings. The summed E-state index contributed by atoms with van der Waals surface area (Å²) in [4.78, 5) is 30.2. The highest BCUT2D eigenvalue weighted by atomic mass is 79.9. The highest BCUT2D eigenvalue weighted by molar-refractivity contribution is 9.10. The van der Waals surface area contributed by atoms with Gasteiger partial charge in [-0.3, -0.25) is 14.9 Å². The predicted molar refractivity (Wildman–Crippen MR) is 115 cm³/mol. The van der Waals surface area contributed by atoms with Crippen molar-refractivity contribution in [3.63, 3.8) is 0 Å². The smallest absolute Gasteiger partial charge is 0.267 e. The summed E-state index contributed by atoms with van der Waals surface area (Å²) in [5, 5.41) is 14.1. The molecule has 4 rings (SSSR count). The zero-order chi connectivity index (χ0) is 19.8. The fourth-order valence-corrected chi connectivity index (χ4v) is 4.56. The van der Waals surface area contributed by atoms with Crippen LogP contribution in [0.3, 0.4) is 0 Å². The largest absolute Gasteiger partial charge is 0.506 e. The van der Waals surface area contributed by atoms with Crippen molar-refractivity contribution in [1.82, 2.24) is 9.55 Å². The van der Waals surface area contributed by atoms with Gasteiger partial charge in [-0.1, -0.05) is 46.3 Å². The fourth-order valence-electron chi connectivity index (χ4n) is 3.15. The molecular formula is C20H16BrN3O3S. The molecule has 0 unspecified atom stereocenters. The zero-order valence-corrected chi connectivity index (χ0v) is 17.3. The fraction of sp³-hybridized carbons (Fsp3) is 0.150. The van der Waals surface area contributed by atoms with Crippen LogP contribution in [0.2, 0.25) is 0 Å². The van der Waals surface area contributed by atoms with Crippen LogP contribution in [0.25, 0.3) is 21.1 Å². The second kappa shape index (κ2) is 7.37. The highest BCUT2D eigenvalue weighted by Gasteiger charge is 2.23. The van der Waals surface area contributed by atoms with Gasteiger partial charge >= 0.3 is 0 Å². The van der Waals surface area contributed by atoms with Crippen molar-refractivity contribution < 1.29 is 9.90 Å². The number of benzene rings is 2. The quantitative estimate of drug-likeness (QED) is 0.463. The SMILES string of the molecule is CCCn1c(=O)c(C(=O)Nc2nc3ccc(Br)cc3s2)c(O)c2ccccc21. The molecule has 8 heteroatoms. The monoisotopic (exact) mass is 457 g/mol. The molecule has 0 saturated carbocycles. The molecule has 0 saturated heterocycles. The first-order chi connectivity index (χ1) is 13.5. The van der Waals surface area contributed by atoms with Gasteiger partial charge in [-0.15, -0.1) is 0 Å². The number of nitrogens with one attached hydrogen (secondary N) is 1. The number of amides is 1. The van der Waals surface area contributed by atoms with E-state index in [4.69, 9.17) is 0 Å². The van der Waals surface area contributed by atoms with Gasteiger partial charge in [-0.2, -0.15) is 0 Å². The number of nitrogens with zero attached hydrogens (tertiary/aromatic N) is 2. The van der Waals surface area contributed by atoms with Crippen molar-refractivity contribution >= 4 is 59.4 Å². The Morgan fingerprint density at radius 3 is 2.86 bits per heavy atom.